The van der Waals surface area contributed by atoms with Gasteiger partial charge < -0.3 is 10.2 Å². The Balaban J connectivity index is 2.96. The van der Waals surface area contributed by atoms with Crippen molar-refractivity contribution in [2.45, 2.75) is 47.5 Å². The molecule has 1 rings (SSSR count). The molecule has 24 heavy (non-hydrogen) atoms. The van der Waals surface area contributed by atoms with E-state index in [1.54, 1.807) is 0 Å². The van der Waals surface area contributed by atoms with Crippen LogP contribution in [0.3, 0.4) is 0 Å². The van der Waals surface area contributed by atoms with Crippen molar-refractivity contribution in [1.29, 1.82) is 0 Å². The fraction of sp³-hybridized carbons (Fsp3) is 0.579. The third-order valence-electron chi connectivity index (χ3n) is 3.76. The van der Waals surface area contributed by atoms with Gasteiger partial charge in [-0.25, -0.2) is 4.39 Å². The number of halogens is 1. The van der Waals surface area contributed by atoms with Crippen molar-refractivity contribution in [3.8, 4) is 0 Å². The van der Waals surface area contributed by atoms with Gasteiger partial charge in [0.25, 0.3) is 5.91 Å². The molecule has 0 aliphatic heterocycles. The summed E-state index contributed by atoms with van der Waals surface area (Å²) in [7, 11) is 0. The summed E-state index contributed by atoms with van der Waals surface area (Å²) in [4.78, 5) is 25.8. The van der Waals surface area contributed by atoms with Crippen molar-refractivity contribution < 1.29 is 14.0 Å². The van der Waals surface area contributed by atoms with Crippen molar-refractivity contribution in [3.05, 3.63) is 29.6 Å². The number of anilines is 1. The monoisotopic (exact) mass is 336 g/mol. The van der Waals surface area contributed by atoms with Gasteiger partial charge in [0.2, 0.25) is 5.91 Å². The first-order valence-corrected chi connectivity index (χ1v) is 8.57. The Morgan fingerprint density at radius 1 is 1.08 bits per heavy atom. The van der Waals surface area contributed by atoms with E-state index in [-0.39, 0.29) is 17.5 Å². The molecule has 0 aromatic heterocycles. The highest BCUT2D eigenvalue weighted by atomic mass is 19.1. The van der Waals surface area contributed by atoms with Gasteiger partial charge in [0, 0.05) is 25.6 Å². The Labute approximate surface area is 144 Å². The van der Waals surface area contributed by atoms with Crippen LogP contribution in [0.4, 0.5) is 10.1 Å². The van der Waals surface area contributed by atoms with E-state index in [1.807, 2.05) is 4.90 Å². The molecule has 0 radical (unpaired) electrons. The number of hydrogen-bond acceptors (Lipinski definition) is 2. The summed E-state index contributed by atoms with van der Waals surface area (Å²) >= 11 is 0. The molecule has 5 heteroatoms. The van der Waals surface area contributed by atoms with Gasteiger partial charge in [-0.15, -0.1) is 0 Å². The number of nitrogens with zero attached hydrogens (tertiary/aromatic N) is 1. The Morgan fingerprint density at radius 3 is 2.08 bits per heavy atom. The van der Waals surface area contributed by atoms with Crippen LogP contribution in [0.25, 0.3) is 0 Å². The van der Waals surface area contributed by atoms with Crippen molar-refractivity contribution in [3.63, 3.8) is 0 Å². The predicted molar refractivity (Wildman–Crippen MR) is 95.5 cm³/mol. The largest absolute Gasteiger partial charge is 0.339 e. The molecule has 4 nitrogen and oxygen atoms in total. The van der Waals surface area contributed by atoms with Crippen LogP contribution >= 0.6 is 0 Å². The first kappa shape index (κ1) is 20.1. The molecule has 1 aromatic rings. The molecule has 134 valence electrons. The van der Waals surface area contributed by atoms with Crippen LogP contribution in [0, 0.1) is 17.7 Å². The molecule has 1 aromatic carbocycles. The van der Waals surface area contributed by atoms with Crippen LogP contribution in [0.15, 0.2) is 18.2 Å². The van der Waals surface area contributed by atoms with E-state index in [1.165, 1.54) is 25.1 Å². The molecule has 0 aliphatic carbocycles. The SMILES string of the molecule is CC(=O)Nc1cc(C(=O)N(CCC(C)C)CCC(C)C)ccc1F. The van der Waals surface area contributed by atoms with Gasteiger partial charge >= 0.3 is 0 Å². The molecular weight excluding hydrogens is 307 g/mol. The van der Waals surface area contributed by atoms with Gasteiger partial charge in [-0.05, 0) is 42.9 Å². The van der Waals surface area contributed by atoms with Crippen LogP contribution in [0.1, 0.15) is 57.8 Å². The van der Waals surface area contributed by atoms with Crippen molar-refractivity contribution in [2.75, 3.05) is 18.4 Å². The Morgan fingerprint density at radius 2 is 1.62 bits per heavy atom. The molecule has 0 unspecified atom stereocenters. The topological polar surface area (TPSA) is 49.4 Å². The molecule has 0 heterocycles. The number of amides is 2. The van der Waals surface area contributed by atoms with E-state index in [0.29, 0.717) is 30.5 Å². The Kier molecular flexibility index (Phi) is 7.89. The molecular formula is C19H29FN2O2. The van der Waals surface area contributed by atoms with Crippen LogP contribution in [0.5, 0.6) is 0 Å². The van der Waals surface area contributed by atoms with E-state index in [0.717, 1.165) is 12.8 Å². The zero-order chi connectivity index (χ0) is 18.3. The zero-order valence-electron chi connectivity index (χ0n) is 15.4. The summed E-state index contributed by atoms with van der Waals surface area (Å²) in [6.45, 7) is 11.2. The highest BCUT2D eigenvalue weighted by molar-refractivity contribution is 5.96. The zero-order valence-corrected chi connectivity index (χ0v) is 15.4. The average molecular weight is 336 g/mol. The predicted octanol–water partition coefficient (Wildman–Crippen LogP) is 4.32. The number of rotatable bonds is 8. The van der Waals surface area contributed by atoms with Gasteiger partial charge in [0.05, 0.1) is 5.69 Å². The third kappa shape index (κ3) is 6.69. The molecule has 0 spiro atoms. The maximum absolute atomic E-state index is 13.8. The van der Waals surface area contributed by atoms with E-state index in [9.17, 15) is 14.0 Å². The van der Waals surface area contributed by atoms with Gasteiger partial charge in [-0.3, -0.25) is 9.59 Å². The highest BCUT2D eigenvalue weighted by Crippen LogP contribution is 2.19. The molecule has 1 N–H and O–H groups in total. The molecule has 2 amide bonds. The van der Waals surface area contributed by atoms with E-state index in [4.69, 9.17) is 0 Å². The summed E-state index contributed by atoms with van der Waals surface area (Å²) in [5.41, 5.74) is 0.439. The first-order chi connectivity index (χ1) is 11.2. The second kappa shape index (κ2) is 9.40. The number of benzene rings is 1. The van der Waals surface area contributed by atoms with Crippen LogP contribution in [0.2, 0.25) is 0 Å². The highest BCUT2D eigenvalue weighted by Gasteiger charge is 2.18. The fourth-order valence-corrected chi connectivity index (χ4v) is 2.27. The minimum atomic E-state index is -0.544. The van der Waals surface area contributed by atoms with Crippen molar-refractivity contribution in [1.82, 2.24) is 4.90 Å². The minimum Gasteiger partial charge on any atom is -0.339 e. The lowest BCUT2D eigenvalue weighted by Crippen LogP contribution is -2.34. The summed E-state index contributed by atoms with van der Waals surface area (Å²) in [5, 5.41) is 2.42. The lowest BCUT2D eigenvalue weighted by molar-refractivity contribution is -0.114. The number of hydrogen-bond donors (Lipinski definition) is 1. The van der Waals surface area contributed by atoms with Gasteiger partial charge in [0.15, 0.2) is 0 Å². The molecule has 0 aliphatic rings. The second-order valence-corrected chi connectivity index (χ2v) is 7.03. The van der Waals surface area contributed by atoms with Gasteiger partial charge in [0.1, 0.15) is 5.82 Å². The van der Waals surface area contributed by atoms with Gasteiger partial charge in [-0.1, -0.05) is 27.7 Å². The van der Waals surface area contributed by atoms with E-state index < -0.39 is 5.82 Å². The summed E-state index contributed by atoms with van der Waals surface area (Å²) < 4.78 is 13.8. The molecule has 0 fully saturated rings. The molecule has 0 saturated carbocycles. The normalized spacial score (nSPS) is 11.0. The van der Waals surface area contributed by atoms with Crippen molar-refractivity contribution >= 4 is 17.5 Å². The Bertz CT molecular complexity index is 558. The maximum Gasteiger partial charge on any atom is 0.253 e. The summed E-state index contributed by atoms with van der Waals surface area (Å²) in [6.07, 6.45) is 1.84. The lowest BCUT2D eigenvalue weighted by Gasteiger charge is -2.25. The quantitative estimate of drug-likeness (QED) is 0.768. The van der Waals surface area contributed by atoms with Crippen LogP contribution in [-0.4, -0.2) is 29.8 Å². The fourth-order valence-electron chi connectivity index (χ4n) is 2.27. The van der Waals surface area contributed by atoms with E-state index >= 15 is 0 Å². The molecule has 0 saturated heterocycles. The number of carbonyl (C=O) groups excluding carboxylic acids is 2. The second-order valence-electron chi connectivity index (χ2n) is 7.03. The summed E-state index contributed by atoms with van der Waals surface area (Å²) in [5.74, 6) is -0.0273. The number of nitrogens with one attached hydrogen (secondary N) is 1. The average Bonchev–Trinajstić information content (AvgIpc) is 2.48. The number of carbonyl (C=O) groups is 2. The third-order valence-corrected chi connectivity index (χ3v) is 3.76. The minimum absolute atomic E-state index is 0.0426. The first-order valence-electron chi connectivity index (χ1n) is 8.57. The summed E-state index contributed by atoms with van der Waals surface area (Å²) in [6, 6.07) is 4.11. The standard InChI is InChI=1S/C19H29FN2O2/c1-13(2)8-10-22(11-9-14(3)4)19(24)16-6-7-17(20)18(12-16)21-15(5)23/h6-7,12-14H,8-11H2,1-5H3,(H,21,23). The van der Waals surface area contributed by atoms with Crippen LogP contribution < -0.4 is 5.32 Å². The van der Waals surface area contributed by atoms with E-state index in [2.05, 4.69) is 33.0 Å². The lowest BCUT2D eigenvalue weighted by atomic mass is 10.1. The smallest absolute Gasteiger partial charge is 0.253 e. The molecule has 0 atom stereocenters. The van der Waals surface area contributed by atoms with Gasteiger partial charge in [-0.2, -0.15) is 0 Å². The maximum atomic E-state index is 13.8. The Hall–Kier alpha value is -1.91. The van der Waals surface area contributed by atoms with Crippen molar-refractivity contribution in [2.24, 2.45) is 11.8 Å². The molecule has 0 bridgehead atoms. The van der Waals surface area contributed by atoms with Crippen LogP contribution in [-0.2, 0) is 4.79 Å².